The molecule has 0 spiro atoms. The fraction of sp³-hybridized carbons (Fsp3) is 0.0625. The fourth-order valence-electron chi connectivity index (χ4n) is 1.65. The van der Waals surface area contributed by atoms with Gasteiger partial charge in [0.25, 0.3) is 0 Å². The molecular weight excluding hydrogens is 256 g/mol. The average molecular weight is 270 g/mol. The Morgan fingerprint density at radius 3 is 2.15 bits per heavy atom. The van der Waals surface area contributed by atoms with Gasteiger partial charge in [-0.2, -0.15) is 0 Å². The zero-order valence-electron chi connectivity index (χ0n) is 10.9. The molecule has 4 nitrogen and oxygen atoms in total. The van der Waals surface area contributed by atoms with Gasteiger partial charge in [-0.3, -0.25) is 4.79 Å². The molecule has 2 aromatic carbocycles. The lowest BCUT2D eigenvalue weighted by Crippen LogP contribution is -2.00. The van der Waals surface area contributed by atoms with Crippen molar-refractivity contribution in [1.82, 2.24) is 0 Å². The fourth-order valence-corrected chi connectivity index (χ4v) is 1.65. The third kappa shape index (κ3) is 3.62. The van der Waals surface area contributed by atoms with Crippen molar-refractivity contribution < 1.29 is 19.7 Å². The van der Waals surface area contributed by atoms with Crippen LogP contribution in [-0.2, 0) is 4.79 Å². The molecule has 0 aliphatic carbocycles. The minimum atomic E-state index is -0.354. The zero-order valence-corrected chi connectivity index (χ0v) is 10.9. The highest BCUT2D eigenvalue weighted by atomic mass is 16.5. The third-order valence-corrected chi connectivity index (χ3v) is 2.61. The maximum absolute atomic E-state index is 10.8. The number of phenols is 2. The second kappa shape index (κ2) is 5.93. The first-order chi connectivity index (χ1) is 9.54. The predicted molar refractivity (Wildman–Crippen MR) is 76.5 cm³/mol. The van der Waals surface area contributed by atoms with Crippen molar-refractivity contribution in [2.45, 2.75) is 6.92 Å². The Morgan fingerprint density at radius 1 is 0.950 bits per heavy atom. The van der Waals surface area contributed by atoms with E-state index in [1.807, 2.05) is 18.2 Å². The Kier molecular flexibility index (Phi) is 4.05. The molecule has 0 atom stereocenters. The number of aromatic hydroxyl groups is 2. The molecule has 2 N–H and O–H groups in total. The van der Waals surface area contributed by atoms with E-state index in [2.05, 4.69) is 0 Å². The summed E-state index contributed by atoms with van der Waals surface area (Å²) < 4.78 is 4.94. The molecular formula is C16H14O4. The van der Waals surface area contributed by atoms with Gasteiger partial charge >= 0.3 is 5.97 Å². The first-order valence-corrected chi connectivity index (χ1v) is 6.03. The van der Waals surface area contributed by atoms with Gasteiger partial charge in [0.15, 0.2) is 11.5 Å². The highest BCUT2D eigenvalue weighted by molar-refractivity contribution is 5.72. The molecule has 0 unspecified atom stereocenters. The summed E-state index contributed by atoms with van der Waals surface area (Å²) in [5, 5.41) is 18.6. The molecule has 0 saturated carbocycles. The first kappa shape index (κ1) is 13.7. The van der Waals surface area contributed by atoms with Crippen molar-refractivity contribution in [3.05, 3.63) is 53.6 Å². The lowest BCUT2D eigenvalue weighted by Gasteiger charge is -2.01. The van der Waals surface area contributed by atoms with E-state index < -0.39 is 0 Å². The van der Waals surface area contributed by atoms with Gasteiger partial charge in [0.05, 0.1) is 0 Å². The van der Waals surface area contributed by atoms with Crippen LogP contribution in [0.5, 0.6) is 17.2 Å². The third-order valence-electron chi connectivity index (χ3n) is 2.61. The first-order valence-electron chi connectivity index (χ1n) is 6.03. The van der Waals surface area contributed by atoms with E-state index in [0.717, 1.165) is 11.1 Å². The van der Waals surface area contributed by atoms with Crippen LogP contribution in [0.2, 0.25) is 0 Å². The molecule has 0 fully saturated rings. The van der Waals surface area contributed by atoms with Gasteiger partial charge in [0, 0.05) is 6.92 Å². The molecule has 2 rings (SSSR count). The standard InChI is InChI=1S/C16H14O4/c1-11(17)20-14-7-4-12(5-8-14)2-3-13-6-9-15(18)16(19)10-13/h2-10,18-19H,1H3. The van der Waals surface area contributed by atoms with Crippen LogP contribution >= 0.6 is 0 Å². The normalized spacial score (nSPS) is 10.7. The molecule has 0 saturated heterocycles. The minimum absolute atomic E-state index is 0.145. The SMILES string of the molecule is CC(=O)Oc1ccc(C=Cc2ccc(O)c(O)c2)cc1. The van der Waals surface area contributed by atoms with Gasteiger partial charge in [-0.05, 0) is 35.4 Å². The molecule has 0 aliphatic rings. The van der Waals surface area contributed by atoms with E-state index in [1.165, 1.54) is 19.1 Å². The smallest absolute Gasteiger partial charge is 0.308 e. The summed E-state index contributed by atoms with van der Waals surface area (Å²) >= 11 is 0. The molecule has 20 heavy (non-hydrogen) atoms. The van der Waals surface area contributed by atoms with Crippen LogP contribution in [0.15, 0.2) is 42.5 Å². The molecule has 0 radical (unpaired) electrons. The number of phenolic OH excluding ortho intramolecular Hbond substituents is 2. The molecule has 4 heteroatoms. The highest BCUT2D eigenvalue weighted by Gasteiger charge is 1.99. The monoisotopic (exact) mass is 270 g/mol. The molecule has 0 aromatic heterocycles. The Balaban J connectivity index is 2.10. The lowest BCUT2D eigenvalue weighted by molar-refractivity contribution is -0.131. The van der Waals surface area contributed by atoms with Crippen molar-refractivity contribution in [2.24, 2.45) is 0 Å². The van der Waals surface area contributed by atoms with Crippen molar-refractivity contribution in [3.8, 4) is 17.2 Å². The molecule has 0 amide bonds. The van der Waals surface area contributed by atoms with Crippen LogP contribution in [-0.4, -0.2) is 16.2 Å². The summed E-state index contributed by atoms with van der Waals surface area (Å²) in [6.07, 6.45) is 3.66. The maximum atomic E-state index is 10.8. The van der Waals surface area contributed by atoms with Gasteiger partial charge in [0.1, 0.15) is 5.75 Å². The second-order valence-corrected chi connectivity index (χ2v) is 4.24. The average Bonchev–Trinajstić information content (AvgIpc) is 2.41. The van der Waals surface area contributed by atoms with Gasteiger partial charge < -0.3 is 14.9 Å². The van der Waals surface area contributed by atoms with E-state index in [4.69, 9.17) is 4.74 Å². The number of rotatable bonds is 3. The van der Waals surface area contributed by atoms with Crippen molar-refractivity contribution in [3.63, 3.8) is 0 Å². The molecule has 0 aliphatic heterocycles. The summed E-state index contributed by atoms with van der Waals surface area (Å²) in [5.41, 5.74) is 1.69. The van der Waals surface area contributed by atoms with Crippen LogP contribution in [0.25, 0.3) is 12.2 Å². The minimum Gasteiger partial charge on any atom is -0.504 e. The summed E-state index contributed by atoms with van der Waals surface area (Å²) in [4.78, 5) is 10.8. The van der Waals surface area contributed by atoms with E-state index in [-0.39, 0.29) is 17.5 Å². The van der Waals surface area contributed by atoms with Crippen LogP contribution in [0.3, 0.4) is 0 Å². The number of hydrogen-bond acceptors (Lipinski definition) is 4. The highest BCUT2D eigenvalue weighted by Crippen LogP contribution is 2.25. The zero-order chi connectivity index (χ0) is 14.5. The Bertz CT molecular complexity index is 642. The summed E-state index contributed by atoms with van der Waals surface area (Å²) in [5.74, 6) is -0.157. The van der Waals surface area contributed by atoms with Gasteiger partial charge in [-0.1, -0.05) is 30.4 Å². The Labute approximate surface area is 116 Å². The topological polar surface area (TPSA) is 66.8 Å². The number of esters is 1. The number of carbonyl (C=O) groups is 1. The molecule has 0 bridgehead atoms. The van der Waals surface area contributed by atoms with Crippen molar-refractivity contribution >= 4 is 18.1 Å². The largest absolute Gasteiger partial charge is 0.504 e. The summed E-state index contributed by atoms with van der Waals surface area (Å²) in [7, 11) is 0. The molecule has 2 aromatic rings. The Morgan fingerprint density at radius 2 is 1.55 bits per heavy atom. The van der Waals surface area contributed by atoms with Crippen molar-refractivity contribution in [1.29, 1.82) is 0 Å². The lowest BCUT2D eigenvalue weighted by atomic mass is 10.1. The quantitative estimate of drug-likeness (QED) is 0.389. The van der Waals surface area contributed by atoms with Gasteiger partial charge in [0.2, 0.25) is 0 Å². The van der Waals surface area contributed by atoms with E-state index >= 15 is 0 Å². The molecule has 102 valence electrons. The van der Waals surface area contributed by atoms with Crippen LogP contribution in [0, 0.1) is 0 Å². The summed E-state index contributed by atoms with van der Waals surface area (Å²) in [6, 6.07) is 11.6. The number of hydrogen-bond donors (Lipinski definition) is 2. The number of benzene rings is 2. The second-order valence-electron chi connectivity index (χ2n) is 4.24. The van der Waals surface area contributed by atoms with Gasteiger partial charge in [-0.25, -0.2) is 0 Å². The Hall–Kier alpha value is -2.75. The van der Waals surface area contributed by atoms with E-state index in [9.17, 15) is 15.0 Å². The number of carbonyl (C=O) groups excluding carboxylic acids is 1. The summed E-state index contributed by atoms with van der Waals surface area (Å²) in [6.45, 7) is 1.35. The van der Waals surface area contributed by atoms with E-state index in [1.54, 1.807) is 24.3 Å². The van der Waals surface area contributed by atoms with Crippen molar-refractivity contribution in [2.75, 3.05) is 0 Å². The van der Waals surface area contributed by atoms with Gasteiger partial charge in [-0.15, -0.1) is 0 Å². The van der Waals surface area contributed by atoms with Crippen LogP contribution in [0.1, 0.15) is 18.1 Å². The maximum Gasteiger partial charge on any atom is 0.308 e. The van der Waals surface area contributed by atoms with Crippen LogP contribution in [0.4, 0.5) is 0 Å². The predicted octanol–water partition coefficient (Wildman–Crippen LogP) is 3.19. The van der Waals surface area contributed by atoms with Crippen LogP contribution < -0.4 is 4.74 Å². The van der Waals surface area contributed by atoms with E-state index in [0.29, 0.717) is 5.75 Å². The molecule has 0 heterocycles. The number of ether oxygens (including phenoxy) is 1.